The molecule has 144 valence electrons. The molecule has 1 N–H and O–H groups in total. The number of nitrogens with zero attached hydrogens (tertiary/aromatic N) is 3. The van der Waals surface area contributed by atoms with Crippen LogP contribution in [0.2, 0.25) is 0 Å². The Balaban J connectivity index is 1.85. The summed E-state index contributed by atoms with van der Waals surface area (Å²) in [6.07, 6.45) is 0. The van der Waals surface area contributed by atoms with Crippen molar-refractivity contribution in [2.75, 3.05) is 12.4 Å². The molecule has 4 aromatic rings. The van der Waals surface area contributed by atoms with Gasteiger partial charge in [-0.3, -0.25) is 10.1 Å². The molecule has 3 aromatic carbocycles. The first-order valence-corrected chi connectivity index (χ1v) is 8.99. The first-order chi connectivity index (χ1) is 14.1. The van der Waals surface area contributed by atoms with E-state index in [0.29, 0.717) is 17.1 Å². The predicted molar refractivity (Wildman–Crippen MR) is 113 cm³/mol. The number of anilines is 2. The predicted octanol–water partition coefficient (Wildman–Crippen LogP) is 5.27. The van der Waals surface area contributed by atoms with Crippen LogP contribution in [0.5, 0.6) is 5.75 Å². The Kier molecular flexibility index (Phi) is 4.78. The molecule has 7 nitrogen and oxygen atoms in total. The molecule has 7 heteroatoms. The minimum Gasteiger partial charge on any atom is -0.490 e. The van der Waals surface area contributed by atoms with Gasteiger partial charge in [0.25, 0.3) is 0 Å². The van der Waals surface area contributed by atoms with E-state index in [1.54, 1.807) is 12.1 Å². The van der Waals surface area contributed by atoms with Crippen LogP contribution in [0.25, 0.3) is 22.0 Å². The highest BCUT2D eigenvalue weighted by atomic mass is 16.6. The number of fused-ring (bicyclic) bond motifs is 1. The molecule has 29 heavy (non-hydrogen) atoms. The summed E-state index contributed by atoms with van der Waals surface area (Å²) in [4.78, 5) is 10.9. The number of methoxy groups -OCH3 is 1. The SMILES string of the molecule is COc1ccc(-c2nnc(Nc3ccccc3C)c3ccccc23)cc1[N+](=O)[O-]. The van der Waals surface area contributed by atoms with Crippen LogP contribution in [-0.2, 0) is 0 Å². The average molecular weight is 386 g/mol. The number of ether oxygens (including phenoxy) is 1. The fourth-order valence-electron chi connectivity index (χ4n) is 3.23. The second-order valence-corrected chi connectivity index (χ2v) is 6.53. The van der Waals surface area contributed by atoms with Crippen molar-refractivity contribution in [2.45, 2.75) is 6.92 Å². The molecule has 0 aliphatic rings. The molecule has 0 fully saturated rings. The Morgan fingerprint density at radius 2 is 1.69 bits per heavy atom. The normalized spacial score (nSPS) is 10.7. The Hall–Kier alpha value is -4.00. The van der Waals surface area contributed by atoms with E-state index in [1.165, 1.54) is 13.2 Å². The van der Waals surface area contributed by atoms with Crippen molar-refractivity contribution in [1.29, 1.82) is 0 Å². The standard InChI is InChI=1S/C22H18N4O3/c1-14-7-3-6-10-18(14)23-22-17-9-5-4-8-16(17)21(24-25-22)15-11-12-20(29-2)19(13-15)26(27)28/h3-13H,1-2H3,(H,23,25). The number of aromatic nitrogens is 2. The summed E-state index contributed by atoms with van der Waals surface area (Å²) in [5.41, 5.74) is 3.09. The van der Waals surface area contributed by atoms with Crippen LogP contribution < -0.4 is 10.1 Å². The van der Waals surface area contributed by atoms with E-state index in [2.05, 4.69) is 15.5 Å². The van der Waals surface area contributed by atoms with Crippen LogP contribution >= 0.6 is 0 Å². The third-order valence-electron chi connectivity index (χ3n) is 4.73. The van der Waals surface area contributed by atoms with Gasteiger partial charge in [-0.25, -0.2) is 0 Å². The van der Waals surface area contributed by atoms with Crippen molar-refractivity contribution in [3.8, 4) is 17.0 Å². The van der Waals surface area contributed by atoms with Gasteiger partial charge in [0.1, 0.15) is 5.69 Å². The van der Waals surface area contributed by atoms with E-state index in [9.17, 15) is 10.1 Å². The van der Waals surface area contributed by atoms with E-state index in [4.69, 9.17) is 4.74 Å². The molecule has 0 bridgehead atoms. The molecule has 0 saturated carbocycles. The summed E-state index contributed by atoms with van der Waals surface area (Å²) in [7, 11) is 1.41. The monoisotopic (exact) mass is 386 g/mol. The first kappa shape index (κ1) is 18.4. The number of nitrogens with one attached hydrogen (secondary N) is 1. The summed E-state index contributed by atoms with van der Waals surface area (Å²) >= 11 is 0. The molecule has 0 atom stereocenters. The Morgan fingerprint density at radius 3 is 2.41 bits per heavy atom. The van der Waals surface area contributed by atoms with Crippen molar-refractivity contribution in [3.05, 3.63) is 82.4 Å². The minimum absolute atomic E-state index is 0.113. The number of rotatable bonds is 5. The molecular weight excluding hydrogens is 368 g/mol. The second-order valence-electron chi connectivity index (χ2n) is 6.53. The lowest BCUT2D eigenvalue weighted by Gasteiger charge is -2.13. The van der Waals surface area contributed by atoms with Crippen LogP contribution in [0, 0.1) is 17.0 Å². The highest BCUT2D eigenvalue weighted by Crippen LogP contribution is 2.35. The van der Waals surface area contributed by atoms with Gasteiger partial charge in [-0.1, -0.05) is 42.5 Å². The molecule has 0 aliphatic heterocycles. The number of hydrogen-bond acceptors (Lipinski definition) is 6. The van der Waals surface area contributed by atoms with Crippen molar-refractivity contribution < 1.29 is 9.66 Å². The van der Waals surface area contributed by atoms with Gasteiger partial charge in [-0.05, 0) is 30.7 Å². The van der Waals surface area contributed by atoms with Gasteiger partial charge in [-0.2, -0.15) is 0 Å². The number of hydrogen-bond donors (Lipinski definition) is 1. The zero-order chi connectivity index (χ0) is 20.4. The van der Waals surface area contributed by atoms with Crippen LogP contribution in [0.15, 0.2) is 66.7 Å². The maximum Gasteiger partial charge on any atom is 0.311 e. The molecule has 1 aromatic heterocycles. The molecule has 0 aliphatic carbocycles. The molecule has 0 radical (unpaired) electrons. The lowest BCUT2D eigenvalue weighted by Crippen LogP contribution is -2.01. The van der Waals surface area contributed by atoms with Crippen molar-refractivity contribution >= 4 is 28.0 Å². The van der Waals surface area contributed by atoms with Crippen LogP contribution in [0.4, 0.5) is 17.2 Å². The quantitative estimate of drug-likeness (QED) is 0.371. The molecule has 0 spiro atoms. The maximum atomic E-state index is 11.4. The molecule has 0 amide bonds. The van der Waals surface area contributed by atoms with E-state index in [-0.39, 0.29) is 11.4 Å². The third kappa shape index (κ3) is 3.45. The van der Waals surface area contributed by atoms with Crippen LogP contribution in [-0.4, -0.2) is 22.2 Å². The van der Waals surface area contributed by atoms with Gasteiger partial charge in [-0.15, -0.1) is 10.2 Å². The molecule has 1 heterocycles. The third-order valence-corrected chi connectivity index (χ3v) is 4.73. The summed E-state index contributed by atoms with van der Waals surface area (Å²) < 4.78 is 5.09. The summed E-state index contributed by atoms with van der Waals surface area (Å²) in [6.45, 7) is 2.02. The van der Waals surface area contributed by atoms with Crippen LogP contribution in [0.3, 0.4) is 0 Å². The fourth-order valence-corrected chi connectivity index (χ4v) is 3.23. The topological polar surface area (TPSA) is 90.2 Å². The largest absolute Gasteiger partial charge is 0.490 e. The van der Waals surface area contributed by atoms with E-state index >= 15 is 0 Å². The Morgan fingerprint density at radius 1 is 0.966 bits per heavy atom. The minimum atomic E-state index is -0.466. The van der Waals surface area contributed by atoms with Crippen LogP contribution in [0.1, 0.15) is 5.56 Å². The zero-order valence-corrected chi connectivity index (χ0v) is 15.9. The smallest absolute Gasteiger partial charge is 0.311 e. The number of benzene rings is 3. The fraction of sp³-hybridized carbons (Fsp3) is 0.0909. The lowest BCUT2D eigenvalue weighted by molar-refractivity contribution is -0.385. The number of nitro benzene ring substituents is 1. The number of para-hydroxylation sites is 1. The van der Waals surface area contributed by atoms with Crippen molar-refractivity contribution in [3.63, 3.8) is 0 Å². The first-order valence-electron chi connectivity index (χ1n) is 8.99. The average Bonchev–Trinajstić information content (AvgIpc) is 2.75. The van der Waals surface area contributed by atoms with Gasteiger partial charge >= 0.3 is 5.69 Å². The van der Waals surface area contributed by atoms with E-state index < -0.39 is 4.92 Å². The lowest BCUT2D eigenvalue weighted by atomic mass is 10.0. The molecule has 0 unspecified atom stereocenters. The summed E-state index contributed by atoms with van der Waals surface area (Å²) in [6, 6.07) is 20.4. The van der Waals surface area contributed by atoms with Gasteiger partial charge in [0.05, 0.1) is 12.0 Å². The Bertz CT molecular complexity index is 1220. The van der Waals surface area contributed by atoms with Gasteiger partial charge in [0, 0.05) is 28.1 Å². The summed E-state index contributed by atoms with van der Waals surface area (Å²) in [5.74, 6) is 0.829. The number of nitro groups is 1. The molecular formula is C22H18N4O3. The highest BCUT2D eigenvalue weighted by molar-refractivity contribution is 6.01. The highest BCUT2D eigenvalue weighted by Gasteiger charge is 2.18. The van der Waals surface area contributed by atoms with Gasteiger partial charge < -0.3 is 10.1 Å². The van der Waals surface area contributed by atoms with Gasteiger partial charge in [0.15, 0.2) is 11.6 Å². The molecule has 4 rings (SSSR count). The van der Waals surface area contributed by atoms with E-state index in [0.717, 1.165) is 22.0 Å². The van der Waals surface area contributed by atoms with E-state index in [1.807, 2.05) is 55.5 Å². The Labute approximate surface area is 167 Å². The van der Waals surface area contributed by atoms with Gasteiger partial charge in [0.2, 0.25) is 0 Å². The zero-order valence-electron chi connectivity index (χ0n) is 15.9. The maximum absolute atomic E-state index is 11.4. The summed E-state index contributed by atoms with van der Waals surface area (Å²) in [5, 5.41) is 25.2. The van der Waals surface area contributed by atoms with Crippen molar-refractivity contribution in [1.82, 2.24) is 10.2 Å². The van der Waals surface area contributed by atoms with Crippen molar-refractivity contribution in [2.24, 2.45) is 0 Å². The number of aryl methyl sites for hydroxylation is 1. The second kappa shape index (κ2) is 7.55. The molecule has 0 saturated heterocycles.